The van der Waals surface area contributed by atoms with Crippen molar-refractivity contribution in [2.75, 3.05) is 31.6 Å². The van der Waals surface area contributed by atoms with Crippen molar-refractivity contribution in [1.29, 1.82) is 0 Å². The Bertz CT molecular complexity index is 1750. The van der Waals surface area contributed by atoms with Crippen molar-refractivity contribution in [3.05, 3.63) is 120 Å². The second kappa shape index (κ2) is 16.1. The number of carbonyl (C=O) groups excluding carboxylic acids is 2. The first-order valence-corrected chi connectivity index (χ1v) is 16.7. The third-order valence-corrected chi connectivity index (χ3v) is 9.40. The predicted molar refractivity (Wildman–Crippen MR) is 179 cm³/mol. The molecule has 11 heteroatoms. The maximum Gasteiger partial charge on any atom is 0.264 e. The van der Waals surface area contributed by atoms with E-state index in [0.29, 0.717) is 18.7 Å². The summed E-state index contributed by atoms with van der Waals surface area (Å²) in [5, 5.41) is 2.92. The zero-order valence-electron chi connectivity index (χ0n) is 27.0. The van der Waals surface area contributed by atoms with Crippen LogP contribution in [0.1, 0.15) is 30.0 Å². The number of hydrogen-bond donors (Lipinski definition) is 1. The Morgan fingerprint density at radius 2 is 1.51 bits per heavy atom. The Morgan fingerprint density at radius 3 is 2.13 bits per heavy atom. The molecular weight excluding hydrogens is 621 g/mol. The van der Waals surface area contributed by atoms with Crippen molar-refractivity contribution in [3.63, 3.8) is 0 Å². The summed E-state index contributed by atoms with van der Waals surface area (Å²) in [5.41, 5.74) is 2.69. The fourth-order valence-electron chi connectivity index (χ4n) is 5.05. The molecule has 4 aromatic rings. The standard InChI is InChI=1S/C36H40FN3O6S/c1-5-21-38-36(42)32(22-27-9-7-6-8-10-27)39(24-28-13-11-26(2)12-14-28)35(41)25-40(30-17-15-29(37)16-18-30)47(43,44)31-19-20-33(45-3)34(23-31)46-4/h6-20,23,32H,5,21-22,24-25H2,1-4H3,(H,38,42). The van der Waals surface area contributed by atoms with Crippen LogP contribution in [0.2, 0.25) is 0 Å². The average Bonchev–Trinajstić information content (AvgIpc) is 3.08. The van der Waals surface area contributed by atoms with Gasteiger partial charge >= 0.3 is 0 Å². The van der Waals surface area contributed by atoms with E-state index in [1.165, 1.54) is 49.5 Å². The third kappa shape index (κ3) is 8.88. The van der Waals surface area contributed by atoms with Crippen LogP contribution in [0, 0.1) is 12.7 Å². The highest BCUT2D eigenvalue weighted by Crippen LogP contribution is 2.32. The number of ether oxygens (including phenoxy) is 2. The highest BCUT2D eigenvalue weighted by Gasteiger charge is 2.35. The summed E-state index contributed by atoms with van der Waals surface area (Å²) in [6.07, 6.45) is 0.893. The monoisotopic (exact) mass is 661 g/mol. The molecule has 0 aliphatic heterocycles. The van der Waals surface area contributed by atoms with Crippen LogP contribution in [0.5, 0.6) is 11.5 Å². The normalized spacial score (nSPS) is 11.8. The van der Waals surface area contributed by atoms with Gasteiger partial charge in [-0.05, 0) is 60.9 Å². The number of halogens is 1. The summed E-state index contributed by atoms with van der Waals surface area (Å²) >= 11 is 0. The van der Waals surface area contributed by atoms with Crippen LogP contribution in [-0.4, -0.2) is 58.5 Å². The summed E-state index contributed by atoms with van der Waals surface area (Å²) in [4.78, 5) is 29.5. The lowest BCUT2D eigenvalue weighted by Crippen LogP contribution is -2.53. The molecule has 0 radical (unpaired) electrons. The molecule has 9 nitrogen and oxygen atoms in total. The minimum absolute atomic E-state index is 0.0455. The van der Waals surface area contributed by atoms with Gasteiger partial charge in [0.1, 0.15) is 18.4 Å². The van der Waals surface area contributed by atoms with Gasteiger partial charge in [-0.1, -0.05) is 67.1 Å². The van der Waals surface area contributed by atoms with Crippen LogP contribution < -0.4 is 19.1 Å². The summed E-state index contributed by atoms with van der Waals surface area (Å²) in [6.45, 7) is 3.67. The largest absolute Gasteiger partial charge is 0.493 e. The zero-order valence-corrected chi connectivity index (χ0v) is 27.8. The van der Waals surface area contributed by atoms with Crippen LogP contribution in [0.25, 0.3) is 0 Å². The highest BCUT2D eigenvalue weighted by molar-refractivity contribution is 7.92. The van der Waals surface area contributed by atoms with Crippen molar-refractivity contribution in [3.8, 4) is 11.5 Å². The van der Waals surface area contributed by atoms with Crippen LogP contribution in [0.3, 0.4) is 0 Å². The molecule has 248 valence electrons. The van der Waals surface area contributed by atoms with Crippen molar-refractivity contribution in [2.45, 2.75) is 44.2 Å². The van der Waals surface area contributed by atoms with E-state index in [0.717, 1.165) is 33.1 Å². The van der Waals surface area contributed by atoms with E-state index in [4.69, 9.17) is 9.47 Å². The first-order valence-electron chi connectivity index (χ1n) is 15.2. The quantitative estimate of drug-likeness (QED) is 0.180. The summed E-state index contributed by atoms with van der Waals surface area (Å²) in [5.74, 6) is -1.05. The van der Waals surface area contributed by atoms with Crippen LogP contribution in [0.15, 0.2) is 102 Å². The van der Waals surface area contributed by atoms with E-state index in [2.05, 4.69) is 5.32 Å². The smallest absolute Gasteiger partial charge is 0.264 e. The number of hydrogen-bond acceptors (Lipinski definition) is 6. The number of rotatable bonds is 15. The summed E-state index contributed by atoms with van der Waals surface area (Å²) in [7, 11) is -1.61. The lowest BCUT2D eigenvalue weighted by atomic mass is 10.0. The van der Waals surface area contributed by atoms with Gasteiger partial charge < -0.3 is 19.7 Å². The van der Waals surface area contributed by atoms with Crippen LogP contribution in [0.4, 0.5) is 10.1 Å². The van der Waals surface area contributed by atoms with Crippen molar-refractivity contribution >= 4 is 27.5 Å². The number of nitrogens with one attached hydrogen (secondary N) is 1. The van der Waals surface area contributed by atoms with Crippen molar-refractivity contribution in [2.24, 2.45) is 0 Å². The lowest BCUT2D eigenvalue weighted by Gasteiger charge is -2.34. The maximum absolute atomic E-state index is 14.5. The summed E-state index contributed by atoms with van der Waals surface area (Å²) < 4.78 is 54.1. The molecule has 4 aromatic carbocycles. The Kier molecular flexibility index (Phi) is 12.0. The number of sulfonamides is 1. The molecule has 0 saturated carbocycles. The fourth-order valence-corrected chi connectivity index (χ4v) is 6.48. The molecule has 0 fully saturated rings. The predicted octanol–water partition coefficient (Wildman–Crippen LogP) is 5.51. The van der Waals surface area contributed by atoms with Gasteiger partial charge in [-0.3, -0.25) is 13.9 Å². The van der Waals surface area contributed by atoms with Crippen LogP contribution in [-0.2, 0) is 32.6 Å². The van der Waals surface area contributed by atoms with Gasteiger partial charge in [0.2, 0.25) is 11.8 Å². The molecule has 47 heavy (non-hydrogen) atoms. The molecule has 0 spiro atoms. The Morgan fingerprint density at radius 1 is 0.851 bits per heavy atom. The SMILES string of the molecule is CCCNC(=O)C(Cc1ccccc1)N(Cc1ccc(C)cc1)C(=O)CN(c1ccc(F)cc1)S(=O)(=O)c1ccc(OC)c(OC)c1. The molecular formula is C36H40FN3O6S. The number of benzene rings is 4. The van der Waals surface area contributed by atoms with E-state index < -0.39 is 34.3 Å². The maximum atomic E-state index is 14.5. The molecule has 1 atom stereocenters. The number of anilines is 1. The number of nitrogens with zero attached hydrogens (tertiary/aromatic N) is 2. The molecule has 2 amide bonds. The van der Waals surface area contributed by atoms with Gasteiger partial charge in [0.15, 0.2) is 11.5 Å². The second-order valence-electron chi connectivity index (χ2n) is 11.0. The zero-order chi connectivity index (χ0) is 34.0. The number of amides is 2. The topological polar surface area (TPSA) is 105 Å². The molecule has 0 aliphatic carbocycles. The second-order valence-corrected chi connectivity index (χ2v) is 12.9. The minimum atomic E-state index is -4.42. The van der Waals surface area contributed by atoms with Crippen LogP contribution >= 0.6 is 0 Å². The lowest BCUT2D eigenvalue weighted by molar-refractivity contribution is -0.140. The third-order valence-electron chi connectivity index (χ3n) is 7.63. The highest BCUT2D eigenvalue weighted by atomic mass is 32.2. The Balaban J connectivity index is 1.81. The minimum Gasteiger partial charge on any atom is -0.493 e. The van der Waals surface area contributed by atoms with E-state index in [1.807, 2.05) is 68.4 Å². The van der Waals surface area contributed by atoms with Gasteiger partial charge in [0.25, 0.3) is 10.0 Å². The Hall–Kier alpha value is -4.90. The Labute approximate surface area is 276 Å². The van der Waals surface area contributed by atoms with Gasteiger partial charge in [-0.25, -0.2) is 12.8 Å². The average molecular weight is 662 g/mol. The van der Waals surface area contributed by atoms with Crippen molar-refractivity contribution in [1.82, 2.24) is 10.2 Å². The number of carbonyl (C=O) groups is 2. The molecule has 4 rings (SSSR count). The number of methoxy groups -OCH3 is 2. The molecule has 0 heterocycles. The van der Waals surface area contributed by atoms with E-state index in [1.54, 1.807) is 0 Å². The van der Waals surface area contributed by atoms with Gasteiger partial charge in [0, 0.05) is 25.6 Å². The van der Waals surface area contributed by atoms with E-state index in [9.17, 15) is 22.4 Å². The molecule has 0 aliphatic rings. The van der Waals surface area contributed by atoms with Gasteiger partial charge in [-0.2, -0.15) is 0 Å². The molecule has 0 aromatic heterocycles. The van der Waals surface area contributed by atoms with Gasteiger partial charge in [0.05, 0.1) is 24.8 Å². The van der Waals surface area contributed by atoms with E-state index in [-0.39, 0.29) is 35.2 Å². The molecule has 0 saturated heterocycles. The first kappa shape index (κ1) is 35.0. The van der Waals surface area contributed by atoms with Crippen molar-refractivity contribution < 1.29 is 31.9 Å². The van der Waals surface area contributed by atoms with Gasteiger partial charge in [-0.15, -0.1) is 0 Å². The first-order chi connectivity index (χ1) is 22.6. The number of aryl methyl sites for hydroxylation is 1. The molecule has 0 bridgehead atoms. The van der Waals surface area contributed by atoms with E-state index >= 15 is 0 Å². The molecule has 1 unspecified atom stereocenters. The summed E-state index contributed by atoms with van der Waals surface area (Å²) in [6, 6.07) is 24.9. The fraction of sp³-hybridized carbons (Fsp3) is 0.278. The molecule has 1 N–H and O–H groups in total.